The number of carbonyl (C=O) groups excluding carboxylic acids is 1. The number of rotatable bonds is 6. The number of benzene rings is 3. The molecular weight excluding hydrogens is 358 g/mol. The number of nitrogens with one attached hydrogen (secondary N) is 1. The fraction of sp³-hybridized carbons (Fsp3) is 0.136. The molecule has 1 amide bonds. The summed E-state index contributed by atoms with van der Waals surface area (Å²) in [6.45, 7) is 0. The SMILES string of the molecule is COc1ccc([C@@H](NC(=O)c2ccc([S@@](C)=O)cc2)c2ccccc2)cc1. The highest BCUT2D eigenvalue weighted by atomic mass is 32.2. The molecule has 1 N–H and O–H groups in total. The number of ether oxygens (including phenoxy) is 1. The Bertz CT molecular complexity index is 922. The fourth-order valence-electron chi connectivity index (χ4n) is 2.81. The molecule has 0 aliphatic carbocycles. The van der Waals surface area contributed by atoms with Gasteiger partial charge in [0.2, 0.25) is 0 Å². The average molecular weight is 379 g/mol. The minimum absolute atomic E-state index is 0.187. The van der Waals surface area contributed by atoms with Crippen molar-refractivity contribution >= 4 is 16.7 Å². The van der Waals surface area contributed by atoms with Crippen LogP contribution in [0.1, 0.15) is 27.5 Å². The van der Waals surface area contributed by atoms with Gasteiger partial charge in [-0.25, -0.2) is 0 Å². The van der Waals surface area contributed by atoms with E-state index in [-0.39, 0.29) is 11.9 Å². The summed E-state index contributed by atoms with van der Waals surface area (Å²) in [7, 11) is 0.556. The van der Waals surface area contributed by atoms with E-state index < -0.39 is 10.8 Å². The molecule has 3 rings (SSSR count). The molecule has 0 aliphatic rings. The molecule has 0 unspecified atom stereocenters. The van der Waals surface area contributed by atoms with E-state index in [1.54, 1.807) is 37.6 Å². The summed E-state index contributed by atoms with van der Waals surface area (Å²) in [6, 6.07) is 24.0. The molecule has 2 atom stereocenters. The molecule has 3 aromatic carbocycles. The molecule has 0 aromatic heterocycles. The summed E-state index contributed by atoms with van der Waals surface area (Å²) in [5.41, 5.74) is 2.47. The highest BCUT2D eigenvalue weighted by molar-refractivity contribution is 7.84. The molecule has 0 bridgehead atoms. The molecule has 4 nitrogen and oxygen atoms in total. The lowest BCUT2D eigenvalue weighted by atomic mass is 9.98. The van der Waals surface area contributed by atoms with Crippen molar-refractivity contribution in [2.24, 2.45) is 0 Å². The van der Waals surface area contributed by atoms with Gasteiger partial charge >= 0.3 is 0 Å². The van der Waals surface area contributed by atoms with E-state index in [4.69, 9.17) is 4.74 Å². The smallest absolute Gasteiger partial charge is 0.252 e. The number of hydrogen-bond donors (Lipinski definition) is 1. The molecule has 0 fully saturated rings. The van der Waals surface area contributed by atoms with Gasteiger partial charge in [-0.1, -0.05) is 42.5 Å². The molecule has 0 saturated heterocycles. The molecular formula is C22H21NO3S. The van der Waals surface area contributed by atoms with Gasteiger partial charge in [0.25, 0.3) is 5.91 Å². The van der Waals surface area contributed by atoms with E-state index in [2.05, 4.69) is 5.32 Å². The maximum atomic E-state index is 12.8. The second-order valence-corrected chi connectivity index (χ2v) is 7.45. The summed E-state index contributed by atoms with van der Waals surface area (Å²) < 4.78 is 16.8. The summed E-state index contributed by atoms with van der Waals surface area (Å²) in [5.74, 6) is 0.577. The second-order valence-electron chi connectivity index (χ2n) is 6.07. The van der Waals surface area contributed by atoms with Crippen LogP contribution in [0, 0.1) is 0 Å². The van der Waals surface area contributed by atoms with Gasteiger partial charge in [-0.05, 0) is 47.5 Å². The van der Waals surface area contributed by atoms with Gasteiger partial charge in [-0.3, -0.25) is 9.00 Å². The van der Waals surface area contributed by atoms with Crippen LogP contribution in [0.2, 0.25) is 0 Å². The molecule has 0 heterocycles. The molecule has 27 heavy (non-hydrogen) atoms. The molecule has 138 valence electrons. The highest BCUT2D eigenvalue weighted by Crippen LogP contribution is 2.24. The first-order valence-corrected chi connectivity index (χ1v) is 10.1. The first kappa shape index (κ1) is 18.9. The van der Waals surface area contributed by atoms with Crippen molar-refractivity contribution in [1.29, 1.82) is 0 Å². The van der Waals surface area contributed by atoms with Crippen molar-refractivity contribution in [3.63, 3.8) is 0 Å². The van der Waals surface area contributed by atoms with E-state index in [1.807, 2.05) is 54.6 Å². The Labute approximate surface area is 161 Å². The van der Waals surface area contributed by atoms with Crippen LogP contribution in [0.3, 0.4) is 0 Å². The predicted molar refractivity (Wildman–Crippen MR) is 108 cm³/mol. The summed E-state index contributed by atoms with van der Waals surface area (Å²) >= 11 is 0. The van der Waals surface area contributed by atoms with Gasteiger partial charge in [-0.2, -0.15) is 0 Å². The van der Waals surface area contributed by atoms with Crippen LogP contribution in [0.4, 0.5) is 0 Å². The first-order valence-electron chi connectivity index (χ1n) is 8.51. The molecule has 3 aromatic rings. The Kier molecular flexibility index (Phi) is 6.04. The van der Waals surface area contributed by atoms with Gasteiger partial charge in [0.1, 0.15) is 5.75 Å². The molecule has 0 saturated carbocycles. The maximum Gasteiger partial charge on any atom is 0.252 e. The van der Waals surface area contributed by atoms with Gasteiger partial charge in [0.15, 0.2) is 0 Å². The van der Waals surface area contributed by atoms with E-state index >= 15 is 0 Å². The topological polar surface area (TPSA) is 55.4 Å². The van der Waals surface area contributed by atoms with Crippen LogP contribution in [0.15, 0.2) is 83.8 Å². The Morgan fingerprint density at radius 1 is 0.889 bits per heavy atom. The van der Waals surface area contributed by atoms with E-state index in [9.17, 15) is 9.00 Å². The van der Waals surface area contributed by atoms with Crippen LogP contribution in [0.25, 0.3) is 0 Å². The van der Waals surface area contributed by atoms with Gasteiger partial charge in [0.05, 0.1) is 13.2 Å². The van der Waals surface area contributed by atoms with Crippen molar-refractivity contribution in [2.45, 2.75) is 10.9 Å². The first-order chi connectivity index (χ1) is 13.1. The normalized spacial score (nSPS) is 12.8. The average Bonchev–Trinajstić information content (AvgIpc) is 2.72. The Morgan fingerprint density at radius 3 is 2.04 bits per heavy atom. The van der Waals surface area contributed by atoms with Crippen molar-refractivity contribution in [1.82, 2.24) is 5.32 Å². The largest absolute Gasteiger partial charge is 0.497 e. The number of carbonyl (C=O) groups is 1. The highest BCUT2D eigenvalue weighted by Gasteiger charge is 2.18. The van der Waals surface area contributed by atoms with E-state index in [0.717, 1.165) is 16.9 Å². The molecule has 0 aliphatic heterocycles. The summed E-state index contributed by atoms with van der Waals surface area (Å²) in [5, 5.41) is 3.10. The monoisotopic (exact) mass is 379 g/mol. The Balaban J connectivity index is 1.88. The lowest BCUT2D eigenvalue weighted by molar-refractivity contribution is 0.0943. The molecule has 0 radical (unpaired) electrons. The lowest BCUT2D eigenvalue weighted by Crippen LogP contribution is -2.29. The Hall–Kier alpha value is -2.92. The third-order valence-corrected chi connectivity index (χ3v) is 5.24. The number of hydrogen-bond acceptors (Lipinski definition) is 3. The van der Waals surface area contributed by atoms with Crippen LogP contribution < -0.4 is 10.1 Å². The predicted octanol–water partition coefficient (Wildman–Crippen LogP) is 3.95. The van der Waals surface area contributed by atoms with Crippen LogP contribution in [-0.4, -0.2) is 23.5 Å². The van der Waals surface area contributed by atoms with Crippen LogP contribution in [0.5, 0.6) is 5.75 Å². The zero-order chi connectivity index (χ0) is 19.2. The van der Waals surface area contributed by atoms with Crippen molar-refractivity contribution in [3.05, 3.63) is 95.6 Å². The third kappa shape index (κ3) is 4.63. The lowest BCUT2D eigenvalue weighted by Gasteiger charge is -2.20. The van der Waals surface area contributed by atoms with Gasteiger partial charge in [-0.15, -0.1) is 0 Å². The minimum atomic E-state index is -1.07. The van der Waals surface area contributed by atoms with Crippen LogP contribution >= 0.6 is 0 Å². The van der Waals surface area contributed by atoms with Crippen molar-refractivity contribution < 1.29 is 13.7 Å². The second kappa shape index (κ2) is 8.64. The van der Waals surface area contributed by atoms with Gasteiger partial charge < -0.3 is 10.1 Å². The van der Waals surface area contributed by atoms with Crippen molar-refractivity contribution in [2.75, 3.05) is 13.4 Å². The number of amides is 1. The molecule has 5 heteroatoms. The fourth-order valence-corrected chi connectivity index (χ4v) is 3.33. The van der Waals surface area contributed by atoms with Crippen LogP contribution in [-0.2, 0) is 10.8 Å². The maximum absolute atomic E-state index is 12.8. The molecule has 0 spiro atoms. The zero-order valence-electron chi connectivity index (χ0n) is 15.2. The van der Waals surface area contributed by atoms with E-state index in [1.165, 1.54) is 0 Å². The quantitative estimate of drug-likeness (QED) is 0.705. The third-order valence-electron chi connectivity index (χ3n) is 4.31. The Morgan fingerprint density at radius 2 is 1.48 bits per heavy atom. The van der Waals surface area contributed by atoms with Crippen molar-refractivity contribution in [3.8, 4) is 5.75 Å². The summed E-state index contributed by atoms with van der Waals surface area (Å²) in [4.78, 5) is 13.5. The standard InChI is InChI=1S/C22H21NO3S/c1-26-19-12-8-17(9-13-19)21(16-6-4-3-5-7-16)23-22(24)18-10-14-20(15-11-18)27(2)25/h3-15,21H,1-2H3,(H,23,24)/t21-,27+/m0/s1. The summed E-state index contributed by atoms with van der Waals surface area (Å²) in [6.07, 6.45) is 1.62. The minimum Gasteiger partial charge on any atom is -0.497 e. The van der Waals surface area contributed by atoms with Gasteiger partial charge in [0, 0.05) is 27.5 Å². The zero-order valence-corrected chi connectivity index (χ0v) is 16.0. The van der Waals surface area contributed by atoms with E-state index in [0.29, 0.717) is 10.5 Å². The number of methoxy groups -OCH3 is 1.